The van der Waals surface area contributed by atoms with Gasteiger partial charge in [-0.2, -0.15) is 0 Å². The molecule has 0 aliphatic carbocycles. The summed E-state index contributed by atoms with van der Waals surface area (Å²) in [5.41, 5.74) is 1.04. The number of hydrogen-bond donors (Lipinski definition) is 0. The molecule has 13 heavy (non-hydrogen) atoms. The summed E-state index contributed by atoms with van der Waals surface area (Å²) >= 11 is 0. The van der Waals surface area contributed by atoms with Crippen LogP contribution in [0.4, 0.5) is 0 Å². The molecule has 3 heteroatoms. The lowest BCUT2D eigenvalue weighted by Crippen LogP contribution is -1.71. The summed E-state index contributed by atoms with van der Waals surface area (Å²) < 4.78 is 15.8. The van der Waals surface area contributed by atoms with Crippen LogP contribution in [-0.2, 0) is 9.09 Å². The molecule has 0 saturated carbocycles. The quantitative estimate of drug-likeness (QED) is 0.543. The highest BCUT2D eigenvalue weighted by molar-refractivity contribution is 7.39. The summed E-state index contributed by atoms with van der Waals surface area (Å²) in [6.45, 7) is 1.83. The lowest BCUT2D eigenvalue weighted by atomic mass is 10.2. The molecule has 0 N–H and O–H groups in total. The molecule has 0 aliphatic rings. The molecule has 2 nitrogen and oxygen atoms in total. The first-order valence-corrected chi connectivity index (χ1v) is 5.52. The van der Waals surface area contributed by atoms with E-state index >= 15 is 0 Å². The van der Waals surface area contributed by atoms with Gasteiger partial charge in [-0.3, -0.25) is 4.52 Å². The zero-order valence-corrected chi connectivity index (χ0v) is 8.41. The Labute approximate surface area is 79.1 Å². The second kappa shape index (κ2) is 5.50. The van der Waals surface area contributed by atoms with Gasteiger partial charge in [0.1, 0.15) is 0 Å². The smallest absolute Gasteiger partial charge is 0.262 e. The molecule has 1 atom stereocenters. The molecule has 0 saturated heterocycles. The van der Waals surface area contributed by atoms with E-state index in [1.807, 2.05) is 37.3 Å². The molecule has 0 radical (unpaired) electrons. The molecule has 68 valence electrons. The first-order chi connectivity index (χ1) is 6.33. The fraction of sp³-hybridized carbons (Fsp3) is 0.200. The molecular formula is C10H12O2P+. The third kappa shape index (κ3) is 3.86. The van der Waals surface area contributed by atoms with Crippen molar-refractivity contribution in [3.05, 3.63) is 42.2 Å². The fourth-order valence-electron chi connectivity index (χ4n) is 0.816. The van der Waals surface area contributed by atoms with Crippen LogP contribution in [0.3, 0.4) is 0 Å². The summed E-state index contributed by atoms with van der Waals surface area (Å²) in [5.74, 6) is 0. The van der Waals surface area contributed by atoms with Crippen molar-refractivity contribution in [2.24, 2.45) is 0 Å². The lowest BCUT2D eigenvalue weighted by Gasteiger charge is -1.87. The Morgan fingerprint density at radius 2 is 2.08 bits per heavy atom. The second-order valence-electron chi connectivity index (χ2n) is 2.47. The first-order valence-electron chi connectivity index (χ1n) is 4.16. The maximum Gasteiger partial charge on any atom is 0.555 e. The van der Waals surface area contributed by atoms with Crippen LogP contribution in [0.15, 0.2) is 36.6 Å². The Morgan fingerprint density at radius 3 is 2.69 bits per heavy atom. The summed E-state index contributed by atoms with van der Waals surface area (Å²) in [6, 6.07) is 9.75. The van der Waals surface area contributed by atoms with Gasteiger partial charge in [-0.05, 0) is 23.1 Å². The Balaban J connectivity index is 2.45. The topological polar surface area (TPSA) is 26.3 Å². The molecule has 1 unspecified atom stereocenters. The Hall–Kier alpha value is -1.14. The van der Waals surface area contributed by atoms with Crippen molar-refractivity contribution < 1.29 is 9.09 Å². The van der Waals surface area contributed by atoms with E-state index in [2.05, 4.69) is 0 Å². The Kier molecular flexibility index (Phi) is 4.20. The minimum absolute atomic E-state index is 0.550. The van der Waals surface area contributed by atoms with Crippen LogP contribution in [0, 0.1) is 0 Å². The summed E-state index contributed by atoms with van der Waals surface area (Å²) in [6.07, 6.45) is 3.83. The molecule has 0 heterocycles. The molecule has 1 aromatic carbocycles. The van der Waals surface area contributed by atoms with E-state index in [1.54, 1.807) is 6.08 Å². The van der Waals surface area contributed by atoms with Crippen molar-refractivity contribution in [1.29, 1.82) is 0 Å². The maximum atomic E-state index is 10.9. The molecule has 0 bridgehead atoms. The van der Waals surface area contributed by atoms with Gasteiger partial charge in [0.05, 0.1) is 0 Å². The van der Waals surface area contributed by atoms with Crippen LogP contribution in [0.5, 0.6) is 0 Å². The van der Waals surface area contributed by atoms with Gasteiger partial charge in [0.2, 0.25) is 0 Å². The molecule has 1 rings (SSSR count). The predicted octanol–water partition coefficient (Wildman–Crippen LogP) is 3.44. The van der Waals surface area contributed by atoms with Crippen molar-refractivity contribution in [2.75, 3.05) is 6.16 Å². The fourth-order valence-corrected chi connectivity index (χ4v) is 1.16. The van der Waals surface area contributed by atoms with Gasteiger partial charge in [-0.1, -0.05) is 30.3 Å². The summed E-state index contributed by atoms with van der Waals surface area (Å²) in [4.78, 5) is 0. The van der Waals surface area contributed by atoms with E-state index in [1.165, 1.54) is 6.26 Å². The number of benzene rings is 1. The first kappa shape index (κ1) is 9.94. The SMILES string of the molecule is CC[P+](=O)OC=Cc1ccccc1. The highest BCUT2D eigenvalue weighted by Gasteiger charge is 2.09. The average molecular weight is 195 g/mol. The highest BCUT2D eigenvalue weighted by atomic mass is 31.1. The normalized spacial score (nSPS) is 11.6. The molecule has 0 spiro atoms. The third-order valence-electron chi connectivity index (χ3n) is 1.50. The monoisotopic (exact) mass is 195 g/mol. The third-order valence-corrected chi connectivity index (χ3v) is 2.37. The average Bonchev–Trinajstić information content (AvgIpc) is 2.19. The van der Waals surface area contributed by atoms with Crippen molar-refractivity contribution >= 4 is 14.1 Å². The van der Waals surface area contributed by atoms with E-state index in [0.717, 1.165) is 5.56 Å². The van der Waals surface area contributed by atoms with Gasteiger partial charge in [0, 0.05) is 0 Å². The van der Waals surface area contributed by atoms with Gasteiger partial charge in [-0.25, -0.2) is 0 Å². The number of rotatable bonds is 4. The molecule has 0 fully saturated rings. The molecule has 0 aromatic heterocycles. The van der Waals surface area contributed by atoms with Gasteiger partial charge < -0.3 is 0 Å². The van der Waals surface area contributed by atoms with E-state index in [-0.39, 0.29) is 0 Å². The van der Waals surface area contributed by atoms with Crippen LogP contribution in [0.1, 0.15) is 12.5 Å². The van der Waals surface area contributed by atoms with Crippen LogP contribution in [0.2, 0.25) is 0 Å². The van der Waals surface area contributed by atoms with Crippen LogP contribution >= 0.6 is 8.03 Å². The Morgan fingerprint density at radius 1 is 1.38 bits per heavy atom. The Bertz CT molecular complexity index is 293. The second-order valence-corrected chi connectivity index (χ2v) is 3.98. The van der Waals surface area contributed by atoms with E-state index in [0.29, 0.717) is 6.16 Å². The van der Waals surface area contributed by atoms with Crippen molar-refractivity contribution in [3.63, 3.8) is 0 Å². The van der Waals surface area contributed by atoms with Gasteiger partial charge >= 0.3 is 8.03 Å². The highest BCUT2D eigenvalue weighted by Crippen LogP contribution is 2.21. The summed E-state index contributed by atoms with van der Waals surface area (Å²) in [5, 5.41) is 0. The van der Waals surface area contributed by atoms with E-state index < -0.39 is 8.03 Å². The zero-order valence-electron chi connectivity index (χ0n) is 7.51. The largest absolute Gasteiger partial charge is 0.555 e. The molecule has 0 amide bonds. The maximum absolute atomic E-state index is 10.9. The zero-order chi connectivity index (χ0) is 9.52. The molecule has 1 aromatic rings. The molecular weight excluding hydrogens is 183 g/mol. The predicted molar refractivity (Wildman–Crippen MR) is 54.7 cm³/mol. The van der Waals surface area contributed by atoms with Crippen LogP contribution in [0.25, 0.3) is 6.08 Å². The minimum Gasteiger partial charge on any atom is -0.262 e. The van der Waals surface area contributed by atoms with Crippen molar-refractivity contribution in [1.82, 2.24) is 0 Å². The minimum atomic E-state index is -1.51. The van der Waals surface area contributed by atoms with Gasteiger partial charge in [0.15, 0.2) is 12.4 Å². The lowest BCUT2D eigenvalue weighted by molar-refractivity contribution is 0.466. The van der Waals surface area contributed by atoms with Crippen LogP contribution < -0.4 is 0 Å². The van der Waals surface area contributed by atoms with Crippen LogP contribution in [-0.4, -0.2) is 6.16 Å². The standard InChI is InChI=1S/C10H12O2P/c1-2-13(11)12-9-8-10-6-4-3-5-7-10/h3-9H,2H2,1H3/q+1. The molecule has 0 aliphatic heterocycles. The van der Waals surface area contributed by atoms with E-state index in [9.17, 15) is 4.57 Å². The van der Waals surface area contributed by atoms with Gasteiger partial charge in [0.25, 0.3) is 0 Å². The summed E-state index contributed by atoms with van der Waals surface area (Å²) in [7, 11) is -1.51. The van der Waals surface area contributed by atoms with E-state index in [4.69, 9.17) is 4.52 Å². The van der Waals surface area contributed by atoms with Gasteiger partial charge in [-0.15, -0.1) is 0 Å². The number of hydrogen-bond acceptors (Lipinski definition) is 2. The van der Waals surface area contributed by atoms with Crippen molar-refractivity contribution in [3.8, 4) is 0 Å². The van der Waals surface area contributed by atoms with Crippen molar-refractivity contribution in [2.45, 2.75) is 6.92 Å².